The van der Waals surface area contributed by atoms with E-state index in [1.165, 1.54) is 27.0 Å². The molecule has 0 saturated heterocycles. The van der Waals surface area contributed by atoms with E-state index in [4.69, 9.17) is 4.74 Å². The van der Waals surface area contributed by atoms with Crippen molar-refractivity contribution >= 4 is 21.9 Å². The van der Waals surface area contributed by atoms with Crippen LogP contribution < -0.4 is 5.32 Å². The van der Waals surface area contributed by atoms with Gasteiger partial charge in [0.25, 0.3) is 0 Å². The van der Waals surface area contributed by atoms with E-state index >= 15 is 0 Å². The minimum absolute atomic E-state index is 0.0113. The second-order valence-electron chi connectivity index (χ2n) is 5.15. The van der Waals surface area contributed by atoms with Crippen LogP contribution in [0.2, 0.25) is 0 Å². The van der Waals surface area contributed by atoms with E-state index in [0.717, 1.165) is 4.31 Å². The molecule has 0 aromatic heterocycles. The highest BCUT2D eigenvalue weighted by Crippen LogP contribution is 2.22. The molecule has 0 aliphatic carbocycles. The highest BCUT2D eigenvalue weighted by molar-refractivity contribution is 7.89. The molecule has 1 aromatic rings. The first-order valence-corrected chi connectivity index (χ1v) is 8.71. The quantitative estimate of drug-likeness (QED) is 0.662. The fourth-order valence-corrected chi connectivity index (χ4v) is 3.94. The second-order valence-corrected chi connectivity index (χ2v) is 7.01. The molecule has 1 atom stereocenters. The minimum Gasteiger partial charge on any atom is -0.480 e. The standard InChI is InChI=1S/C15H22N2O6S/c1-11(15(19)20)17(9-8-16-12(2)18)24(21,22)14-7-5-4-6-13(14)10-23-3/h4-7,11H,8-10H2,1-3H3,(H,16,18)(H,19,20). The van der Waals surface area contributed by atoms with Crippen LogP contribution in [0.3, 0.4) is 0 Å². The molecule has 0 radical (unpaired) electrons. The van der Waals surface area contributed by atoms with Crippen LogP contribution in [0, 0.1) is 0 Å². The number of aliphatic carboxylic acids is 1. The predicted molar refractivity (Wildman–Crippen MR) is 86.8 cm³/mol. The molecule has 0 bridgehead atoms. The third kappa shape index (κ3) is 5.02. The molecule has 0 aliphatic heterocycles. The van der Waals surface area contributed by atoms with Gasteiger partial charge < -0.3 is 15.2 Å². The Balaban J connectivity index is 3.23. The average Bonchev–Trinajstić information content (AvgIpc) is 2.51. The SMILES string of the molecule is COCc1ccccc1S(=O)(=O)N(CCNC(C)=O)C(C)C(=O)O. The van der Waals surface area contributed by atoms with E-state index < -0.39 is 22.0 Å². The Morgan fingerprint density at radius 2 is 1.96 bits per heavy atom. The number of nitrogens with zero attached hydrogens (tertiary/aromatic N) is 1. The van der Waals surface area contributed by atoms with Crippen molar-refractivity contribution in [2.24, 2.45) is 0 Å². The maximum absolute atomic E-state index is 12.9. The van der Waals surface area contributed by atoms with Crippen molar-refractivity contribution < 1.29 is 27.9 Å². The van der Waals surface area contributed by atoms with E-state index in [1.54, 1.807) is 18.2 Å². The summed E-state index contributed by atoms with van der Waals surface area (Å²) in [4.78, 5) is 22.3. The average molecular weight is 358 g/mol. The Morgan fingerprint density at radius 1 is 1.33 bits per heavy atom. The summed E-state index contributed by atoms with van der Waals surface area (Å²) in [5.74, 6) is -1.60. The summed E-state index contributed by atoms with van der Waals surface area (Å²) < 4.78 is 31.8. The molecule has 0 saturated carbocycles. The number of rotatable bonds is 9. The van der Waals surface area contributed by atoms with Crippen LogP contribution in [0.25, 0.3) is 0 Å². The molecule has 134 valence electrons. The molecule has 1 aromatic carbocycles. The monoisotopic (exact) mass is 358 g/mol. The molecular formula is C15H22N2O6S. The third-order valence-electron chi connectivity index (χ3n) is 3.35. The summed E-state index contributed by atoms with van der Waals surface area (Å²) in [6, 6.07) is 4.97. The maximum Gasteiger partial charge on any atom is 0.321 e. The number of methoxy groups -OCH3 is 1. The number of sulfonamides is 1. The molecule has 2 N–H and O–H groups in total. The first-order chi connectivity index (χ1) is 11.2. The van der Waals surface area contributed by atoms with Crippen molar-refractivity contribution in [1.82, 2.24) is 9.62 Å². The molecule has 9 heteroatoms. The number of carboxylic acids is 1. The first-order valence-electron chi connectivity index (χ1n) is 7.27. The lowest BCUT2D eigenvalue weighted by molar-refractivity contribution is -0.140. The van der Waals surface area contributed by atoms with Gasteiger partial charge in [-0.15, -0.1) is 0 Å². The zero-order valence-corrected chi connectivity index (χ0v) is 14.7. The van der Waals surface area contributed by atoms with Gasteiger partial charge in [0.05, 0.1) is 11.5 Å². The molecule has 1 unspecified atom stereocenters. The number of amides is 1. The topological polar surface area (TPSA) is 113 Å². The van der Waals surface area contributed by atoms with Crippen molar-refractivity contribution in [3.05, 3.63) is 29.8 Å². The Labute approximate surface area is 141 Å². The lowest BCUT2D eigenvalue weighted by Gasteiger charge is -2.26. The van der Waals surface area contributed by atoms with E-state index in [1.807, 2.05) is 0 Å². The van der Waals surface area contributed by atoms with Gasteiger partial charge in [0.2, 0.25) is 15.9 Å². The van der Waals surface area contributed by atoms with Crippen LogP contribution in [-0.4, -0.2) is 55.9 Å². The van der Waals surface area contributed by atoms with Gasteiger partial charge in [-0.05, 0) is 18.6 Å². The first kappa shape index (κ1) is 20.1. The molecule has 0 spiro atoms. The van der Waals surface area contributed by atoms with Gasteiger partial charge in [0.15, 0.2) is 0 Å². The number of ether oxygens (including phenoxy) is 1. The number of benzene rings is 1. The fraction of sp³-hybridized carbons (Fsp3) is 0.467. The normalized spacial score (nSPS) is 12.8. The summed E-state index contributed by atoms with van der Waals surface area (Å²) in [7, 11) is -2.63. The Hall–Kier alpha value is -1.97. The van der Waals surface area contributed by atoms with Crippen molar-refractivity contribution in [2.75, 3.05) is 20.2 Å². The smallest absolute Gasteiger partial charge is 0.321 e. The fourth-order valence-electron chi connectivity index (χ4n) is 2.14. The number of carboxylic acid groups (broad SMARTS) is 1. The summed E-state index contributed by atoms with van der Waals surface area (Å²) >= 11 is 0. The van der Waals surface area contributed by atoms with Crippen LogP contribution in [0.15, 0.2) is 29.2 Å². The Kier molecular flexibility index (Phi) is 7.33. The van der Waals surface area contributed by atoms with E-state index in [2.05, 4.69) is 5.32 Å². The maximum atomic E-state index is 12.9. The molecule has 1 amide bonds. The number of carbonyl (C=O) groups excluding carboxylic acids is 1. The number of hydrogen-bond donors (Lipinski definition) is 2. The predicted octanol–water partition coefficient (Wildman–Crippen LogP) is 0.433. The number of carbonyl (C=O) groups is 2. The van der Waals surface area contributed by atoms with Crippen LogP contribution in [0.5, 0.6) is 0 Å². The van der Waals surface area contributed by atoms with Crippen molar-refractivity contribution in [3.63, 3.8) is 0 Å². The van der Waals surface area contributed by atoms with Crippen molar-refractivity contribution in [1.29, 1.82) is 0 Å². The lowest BCUT2D eigenvalue weighted by Crippen LogP contribution is -2.46. The number of nitrogens with one attached hydrogen (secondary N) is 1. The Bertz CT molecular complexity index is 689. The van der Waals surface area contributed by atoms with Gasteiger partial charge in [-0.25, -0.2) is 8.42 Å². The lowest BCUT2D eigenvalue weighted by atomic mass is 10.2. The van der Waals surface area contributed by atoms with Crippen LogP contribution in [0.1, 0.15) is 19.4 Å². The molecule has 0 heterocycles. The number of hydrogen-bond acceptors (Lipinski definition) is 5. The molecule has 24 heavy (non-hydrogen) atoms. The highest BCUT2D eigenvalue weighted by Gasteiger charge is 2.33. The largest absolute Gasteiger partial charge is 0.480 e. The zero-order valence-electron chi connectivity index (χ0n) is 13.9. The summed E-state index contributed by atoms with van der Waals surface area (Å²) in [5.41, 5.74) is 0.433. The van der Waals surface area contributed by atoms with Gasteiger partial charge in [0.1, 0.15) is 6.04 Å². The van der Waals surface area contributed by atoms with E-state index in [-0.39, 0.29) is 30.5 Å². The molecule has 0 aliphatic rings. The van der Waals surface area contributed by atoms with Gasteiger partial charge in [-0.1, -0.05) is 18.2 Å². The molecule has 0 fully saturated rings. The highest BCUT2D eigenvalue weighted by atomic mass is 32.2. The second kappa shape index (κ2) is 8.76. The molecular weight excluding hydrogens is 336 g/mol. The van der Waals surface area contributed by atoms with Crippen molar-refractivity contribution in [3.8, 4) is 0 Å². The zero-order chi connectivity index (χ0) is 18.3. The summed E-state index contributed by atoms with van der Waals surface area (Å²) in [6.45, 7) is 2.52. The van der Waals surface area contributed by atoms with Gasteiger partial charge in [-0.2, -0.15) is 4.31 Å². The molecule has 8 nitrogen and oxygen atoms in total. The Morgan fingerprint density at radius 3 is 2.50 bits per heavy atom. The minimum atomic E-state index is -4.07. The van der Waals surface area contributed by atoms with Crippen LogP contribution in [-0.2, 0) is 31.0 Å². The van der Waals surface area contributed by atoms with Crippen LogP contribution in [0.4, 0.5) is 0 Å². The van der Waals surface area contributed by atoms with E-state index in [9.17, 15) is 23.1 Å². The van der Waals surface area contributed by atoms with Crippen LogP contribution >= 0.6 is 0 Å². The van der Waals surface area contributed by atoms with Crippen molar-refractivity contribution in [2.45, 2.75) is 31.4 Å². The van der Waals surface area contributed by atoms with E-state index in [0.29, 0.717) is 5.56 Å². The summed E-state index contributed by atoms with van der Waals surface area (Å²) in [5, 5.41) is 11.7. The molecule has 1 rings (SSSR count). The van der Waals surface area contributed by atoms with Gasteiger partial charge >= 0.3 is 5.97 Å². The van der Waals surface area contributed by atoms with Gasteiger partial charge in [0, 0.05) is 27.1 Å². The van der Waals surface area contributed by atoms with Gasteiger partial charge in [-0.3, -0.25) is 9.59 Å². The third-order valence-corrected chi connectivity index (χ3v) is 5.42. The summed E-state index contributed by atoms with van der Waals surface area (Å²) in [6.07, 6.45) is 0.